The van der Waals surface area contributed by atoms with Gasteiger partial charge in [0.2, 0.25) is 0 Å². The SMILES string of the molecule is O=C(O)CCCCCCCCC(CS(=O)(=O)O)S(=O)O. The Morgan fingerprint density at radius 1 is 1.05 bits per heavy atom. The van der Waals surface area contributed by atoms with Crippen molar-refractivity contribution in [3.8, 4) is 0 Å². The van der Waals surface area contributed by atoms with Crippen molar-refractivity contribution < 1.29 is 31.6 Å². The highest BCUT2D eigenvalue weighted by atomic mass is 32.2. The maximum Gasteiger partial charge on any atom is 0.303 e. The van der Waals surface area contributed by atoms with Gasteiger partial charge >= 0.3 is 5.97 Å². The van der Waals surface area contributed by atoms with Gasteiger partial charge in [-0.25, -0.2) is 4.21 Å². The third-order valence-corrected chi connectivity index (χ3v) is 4.86. The van der Waals surface area contributed by atoms with Gasteiger partial charge in [-0.05, 0) is 12.8 Å². The molecule has 0 bridgehead atoms. The molecule has 0 saturated heterocycles. The molecule has 0 aliphatic rings. The van der Waals surface area contributed by atoms with Crippen LogP contribution in [0.4, 0.5) is 0 Å². The predicted molar refractivity (Wildman–Crippen MR) is 75.5 cm³/mol. The van der Waals surface area contributed by atoms with Crippen LogP contribution in [0.2, 0.25) is 0 Å². The minimum absolute atomic E-state index is 0.167. The Morgan fingerprint density at radius 3 is 2.00 bits per heavy atom. The van der Waals surface area contributed by atoms with Crippen molar-refractivity contribution >= 4 is 27.2 Å². The zero-order chi connectivity index (χ0) is 15.6. The molecule has 0 spiro atoms. The second kappa shape index (κ2) is 10.3. The fourth-order valence-corrected chi connectivity index (χ4v) is 3.82. The molecule has 2 atom stereocenters. The Labute approximate surface area is 121 Å². The summed E-state index contributed by atoms with van der Waals surface area (Å²) in [5.41, 5.74) is 0. The predicted octanol–water partition coefficient (Wildman–Crippen LogP) is 1.67. The number of unbranched alkanes of at least 4 members (excludes halogenated alkanes) is 5. The summed E-state index contributed by atoms with van der Waals surface area (Å²) in [5, 5.41) is 7.48. The summed E-state index contributed by atoms with van der Waals surface area (Å²) in [5.74, 6) is -1.50. The number of carboxylic acid groups (broad SMARTS) is 1. The normalized spacial score (nSPS) is 14.9. The van der Waals surface area contributed by atoms with Gasteiger partial charge in [0, 0.05) is 6.42 Å². The molecule has 9 heteroatoms. The maximum atomic E-state index is 10.9. The number of carbonyl (C=O) groups is 1. The quantitative estimate of drug-likeness (QED) is 0.282. The van der Waals surface area contributed by atoms with E-state index in [9.17, 15) is 17.4 Å². The molecule has 0 aliphatic heterocycles. The van der Waals surface area contributed by atoms with E-state index in [0.29, 0.717) is 12.8 Å². The van der Waals surface area contributed by atoms with Gasteiger partial charge in [-0.1, -0.05) is 32.1 Å². The van der Waals surface area contributed by atoms with E-state index >= 15 is 0 Å². The van der Waals surface area contributed by atoms with Gasteiger partial charge in [-0.2, -0.15) is 8.42 Å². The van der Waals surface area contributed by atoms with Crippen LogP contribution < -0.4 is 0 Å². The molecule has 0 aromatic rings. The van der Waals surface area contributed by atoms with Crippen molar-refractivity contribution in [2.75, 3.05) is 5.75 Å². The molecule has 120 valence electrons. The molecule has 20 heavy (non-hydrogen) atoms. The molecule has 0 saturated carbocycles. The van der Waals surface area contributed by atoms with E-state index in [1.54, 1.807) is 0 Å². The van der Waals surface area contributed by atoms with E-state index in [0.717, 1.165) is 25.7 Å². The minimum Gasteiger partial charge on any atom is -0.481 e. The first kappa shape index (κ1) is 19.5. The lowest BCUT2D eigenvalue weighted by Crippen LogP contribution is -2.25. The molecule has 0 aliphatic carbocycles. The highest BCUT2D eigenvalue weighted by Gasteiger charge is 2.21. The van der Waals surface area contributed by atoms with Gasteiger partial charge in [0.25, 0.3) is 10.1 Å². The topological polar surface area (TPSA) is 129 Å². The summed E-state index contributed by atoms with van der Waals surface area (Å²) in [6.07, 6.45) is 5.04. The zero-order valence-corrected chi connectivity index (χ0v) is 12.9. The van der Waals surface area contributed by atoms with Crippen molar-refractivity contribution in [3.63, 3.8) is 0 Å². The third kappa shape index (κ3) is 12.5. The fourth-order valence-electron chi connectivity index (χ4n) is 1.83. The van der Waals surface area contributed by atoms with Gasteiger partial charge in [0.05, 0.1) is 11.0 Å². The second-order valence-electron chi connectivity index (χ2n) is 4.70. The van der Waals surface area contributed by atoms with Crippen molar-refractivity contribution in [3.05, 3.63) is 0 Å². The van der Waals surface area contributed by atoms with E-state index < -0.39 is 38.2 Å². The van der Waals surface area contributed by atoms with Crippen LogP contribution in [0.3, 0.4) is 0 Å². The summed E-state index contributed by atoms with van der Waals surface area (Å²) in [4.78, 5) is 10.3. The first-order valence-electron chi connectivity index (χ1n) is 6.49. The van der Waals surface area contributed by atoms with Crippen LogP contribution in [0.15, 0.2) is 0 Å². The number of rotatable bonds is 12. The molecule has 0 fully saturated rings. The van der Waals surface area contributed by atoms with E-state index in [-0.39, 0.29) is 12.8 Å². The molecular weight excluding hydrogens is 308 g/mol. The average Bonchev–Trinajstić information content (AvgIpc) is 2.28. The van der Waals surface area contributed by atoms with Gasteiger partial charge in [-0.15, -0.1) is 0 Å². The Hall–Kier alpha value is -0.510. The average molecular weight is 330 g/mol. The Kier molecular flexibility index (Phi) is 9.99. The lowest BCUT2D eigenvalue weighted by Gasteiger charge is -2.10. The van der Waals surface area contributed by atoms with Crippen molar-refractivity contribution in [2.24, 2.45) is 0 Å². The highest BCUT2D eigenvalue weighted by Crippen LogP contribution is 2.13. The lowest BCUT2D eigenvalue weighted by molar-refractivity contribution is -0.137. The van der Waals surface area contributed by atoms with E-state index in [2.05, 4.69) is 0 Å². The molecule has 0 aromatic heterocycles. The number of hydrogen-bond donors (Lipinski definition) is 3. The number of aliphatic carboxylic acids is 1. The molecule has 0 heterocycles. The monoisotopic (exact) mass is 330 g/mol. The summed E-state index contributed by atoms with van der Waals surface area (Å²) in [6.45, 7) is 0. The second-order valence-corrected chi connectivity index (χ2v) is 7.42. The molecule has 0 rings (SSSR count). The molecule has 7 nitrogen and oxygen atoms in total. The maximum absolute atomic E-state index is 10.9. The van der Waals surface area contributed by atoms with Gasteiger partial charge in [0.1, 0.15) is 0 Å². The van der Waals surface area contributed by atoms with Crippen LogP contribution >= 0.6 is 0 Å². The summed E-state index contributed by atoms with van der Waals surface area (Å²) >= 11 is -2.27. The van der Waals surface area contributed by atoms with Crippen LogP contribution in [0.25, 0.3) is 0 Å². The summed E-state index contributed by atoms with van der Waals surface area (Å²) in [6, 6.07) is 0. The Morgan fingerprint density at radius 2 is 1.55 bits per heavy atom. The first-order chi connectivity index (χ1) is 9.22. The summed E-state index contributed by atoms with van der Waals surface area (Å²) in [7, 11) is -4.24. The van der Waals surface area contributed by atoms with Crippen molar-refractivity contribution in [1.82, 2.24) is 0 Å². The first-order valence-corrected chi connectivity index (χ1v) is 9.27. The standard InChI is InChI=1S/C11H22O7S2/c12-11(13)8-6-4-2-1-3-5-7-10(19(14)15)9-20(16,17)18/h10H,1-9H2,(H,12,13)(H,14,15)(H,16,17,18). The molecule has 2 unspecified atom stereocenters. The van der Waals surface area contributed by atoms with Crippen molar-refractivity contribution in [2.45, 2.75) is 56.6 Å². The van der Waals surface area contributed by atoms with E-state index in [1.807, 2.05) is 0 Å². The smallest absolute Gasteiger partial charge is 0.303 e. The molecule has 0 amide bonds. The molecule has 0 aromatic carbocycles. The van der Waals surface area contributed by atoms with Gasteiger partial charge in [-0.3, -0.25) is 9.35 Å². The van der Waals surface area contributed by atoms with E-state index in [4.69, 9.17) is 14.2 Å². The van der Waals surface area contributed by atoms with Crippen molar-refractivity contribution in [1.29, 1.82) is 0 Å². The third-order valence-electron chi connectivity index (χ3n) is 2.85. The van der Waals surface area contributed by atoms with Crippen LogP contribution in [0, 0.1) is 0 Å². The summed E-state index contributed by atoms with van der Waals surface area (Å²) < 4.78 is 49.9. The van der Waals surface area contributed by atoms with Crippen LogP contribution in [-0.2, 0) is 26.0 Å². The largest absolute Gasteiger partial charge is 0.481 e. The van der Waals surface area contributed by atoms with Gasteiger partial charge < -0.3 is 9.66 Å². The lowest BCUT2D eigenvalue weighted by atomic mass is 10.1. The minimum atomic E-state index is -4.24. The fraction of sp³-hybridized carbons (Fsp3) is 0.909. The molecular formula is C11H22O7S2. The zero-order valence-electron chi connectivity index (χ0n) is 11.2. The van der Waals surface area contributed by atoms with Crippen LogP contribution in [0.5, 0.6) is 0 Å². The number of hydrogen-bond acceptors (Lipinski definition) is 4. The molecule has 0 radical (unpaired) electrons. The number of carboxylic acids is 1. The highest BCUT2D eigenvalue weighted by molar-refractivity contribution is 7.87. The Bertz CT molecular complexity index is 405. The van der Waals surface area contributed by atoms with E-state index in [1.165, 1.54) is 0 Å². The Balaban J connectivity index is 3.70. The molecule has 3 N–H and O–H groups in total. The van der Waals surface area contributed by atoms with Crippen LogP contribution in [-0.4, -0.2) is 43.8 Å². The van der Waals surface area contributed by atoms with Crippen LogP contribution in [0.1, 0.15) is 51.4 Å². The van der Waals surface area contributed by atoms with Gasteiger partial charge in [0.15, 0.2) is 11.1 Å².